The molecular weight excluding hydrogens is 572 g/mol. The fourth-order valence-electron chi connectivity index (χ4n) is 6.20. The van der Waals surface area contributed by atoms with Crippen molar-refractivity contribution in [3.05, 3.63) is 0 Å². The Hall–Kier alpha value is -1.02. The lowest BCUT2D eigenvalue weighted by Gasteiger charge is -2.49. The molecule has 11 nitrogen and oxygen atoms in total. The quantitative estimate of drug-likeness (QED) is 0.197. The maximum Gasteiger partial charge on any atom is 0.151 e. The van der Waals surface area contributed by atoms with Crippen LogP contribution in [0.4, 0.5) is 0 Å². The summed E-state index contributed by atoms with van der Waals surface area (Å²) in [5, 5.41) is 44.2. The van der Waals surface area contributed by atoms with Crippen molar-refractivity contribution < 1.29 is 53.7 Å². The van der Waals surface area contributed by atoms with Crippen molar-refractivity contribution in [2.24, 2.45) is 17.8 Å². The largest absolute Gasteiger partial charge is 0.390 e. The van der Waals surface area contributed by atoms with Gasteiger partial charge < -0.3 is 53.7 Å². The first-order chi connectivity index (χ1) is 20.0. The van der Waals surface area contributed by atoms with Crippen molar-refractivity contribution in [1.82, 2.24) is 0 Å². The number of aliphatic hydroxyl groups is 4. The van der Waals surface area contributed by atoms with Crippen molar-refractivity contribution >= 4 is 12.6 Å². The van der Waals surface area contributed by atoms with E-state index in [-0.39, 0.29) is 18.6 Å². The monoisotopic (exact) mass is 632 g/mol. The molecule has 0 amide bonds. The van der Waals surface area contributed by atoms with Crippen molar-refractivity contribution in [3.8, 4) is 0 Å². The molecule has 0 aromatic carbocycles. The number of aliphatic hydroxyl groups excluding tert-OH is 4. The third kappa shape index (κ3) is 9.29. The standard InChI is InChI=1S/C33H60O11/c1-18(2)31(7,8)44-28-22(17-35)41-29(26(39)25(28)38)33(11,12)40-14-13-30(5,6)43-27-20(16-34)15-21(23(36)24(27)37)32(9,10)42-19(3)4/h16-29,36-39H,13-15H2,1-12H3/t20?,21?,22?,23?,24?,25?,26?,27-,28-,29?/m1/s1. The summed E-state index contributed by atoms with van der Waals surface area (Å²) in [6.07, 6.45) is -7.51. The van der Waals surface area contributed by atoms with Crippen molar-refractivity contribution in [2.45, 2.75) is 173 Å². The Morgan fingerprint density at radius 3 is 1.84 bits per heavy atom. The molecule has 1 heterocycles. The van der Waals surface area contributed by atoms with Gasteiger partial charge in [0.05, 0.1) is 47.3 Å². The molecule has 10 atom stereocenters. The second kappa shape index (κ2) is 14.8. The maximum atomic E-state index is 12.1. The summed E-state index contributed by atoms with van der Waals surface area (Å²) in [5.74, 6) is -1.06. The Kier molecular flexibility index (Phi) is 13.2. The van der Waals surface area contributed by atoms with Gasteiger partial charge in [-0.25, -0.2) is 0 Å². The molecule has 1 saturated carbocycles. The zero-order valence-corrected chi connectivity index (χ0v) is 28.9. The van der Waals surface area contributed by atoms with Crippen LogP contribution >= 0.6 is 0 Å². The summed E-state index contributed by atoms with van der Waals surface area (Å²) in [6.45, 7) is 22.3. The van der Waals surface area contributed by atoms with E-state index in [1.807, 2.05) is 55.4 Å². The van der Waals surface area contributed by atoms with Crippen LogP contribution in [-0.4, -0.2) is 117 Å². The molecule has 1 aliphatic carbocycles. The molecule has 2 rings (SSSR count). The highest BCUT2D eigenvalue weighted by atomic mass is 16.6. The third-order valence-electron chi connectivity index (χ3n) is 9.56. The molecule has 1 aliphatic heterocycles. The summed E-state index contributed by atoms with van der Waals surface area (Å²) in [6, 6.07) is 0. The van der Waals surface area contributed by atoms with E-state index in [1.54, 1.807) is 27.7 Å². The molecule has 258 valence electrons. The topological polar surface area (TPSA) is 161 Å². The molecule has 8 unspecified atom stereocenters. The van der Waals surface area contributed by atoms with Crippen LogP contribution in [0.3, 0.4) is 0 Å². The fraction of sp³-hybridized carbons (Fsp3) is 0.939. The van der Waals surface area contributed by atoms with E-state index in [9.17, 15) is 30.0 Å². The van der Waals surface area contributed by atoms with Crippen LogP contribution in [0.1, 0.15) is 95.9 Å². The highest BCUT2D eigenvalue weighted by Gasteiger charge is 2.53. The van der Waals surface area contributed by atoms with Crippen LogP contribution in [-0.2, 0) is 33.3 Å². The number of ether oxygens (including phenoxy) is 5. The van der Waals surface area contributed by atoms with Crippen molar-refractivity contribution in [3.63, 3.8) is 0 Å². The predicted molar refractivity (Wildman–Crippen MR) is 164 cm³/mol. The molecule has 0 aromatic heterocycles. The minimum Gasteiger partial charge on any atom is -0.390 e. The molecule has 0 bridgehead atoms. The first-order valence-electron chi connectivity index (χ1n) is 16.0. The van der Waals surface area contributed by atoms with E-state index in [0.717, 1.165) is 6.29 Å². The highest BCUT2D eigenvalue weighted by Crippen LogP contribution is 2.41. The zero-order chi connectivity index (χ0) is 34.0. The van der Waals surface area contributed by atoms with Gasteiger partial charge in [-0.3, -0.25) is 0 Å². The van der Waals surface area contributed by atoms with Crippen LogP contribution in [0.15, 0.2) is 0 Å². The Morgan fingerprint density at radius 1 is 0.773 bits per heavy atom. The van der Waals surface area contributed by atoms with Crippen molar-refractivity contribution in [1.29, 1.82) is 0 Å². The molecule has 2 fully saturated rings. The number of rotatable bonds is 15. The van der Waals surface area contributed by atoms with Crippen LogP contribution in [0.2, 0.25) is 0 Å². The number of aldehydes is 2. The molecule has 44 heavy (non-hydrogen) atoms. The lowest BCUT2D eigenvalue weighted by atomic mass is 9.69. The minimum absolute atomic E-state index is 0.0779. The maximum absolute atomic E-state index is 12.1. The van der Waals surface area contributed by atoms with Gasteiger partial charge in [-0.2, -0.15) is 0 Å². The molecule has 1 saturated heterocycles. The molecule has 2 aliphatic rings. The Labute approximate surface area is 263 Å². The van der Waals surface area contributed by atoms with E-state index in [2.05, 4.69) is 0 Å². The second-order valence-electron chi connectivity index (χ2n) is 15.4. The van der Waals surface area contributed by atoms with E-state index in [0.29, 0.717) is 19.1 Å². The summed E-state index contributed by atoms with van der Waals surface area (Å²) < 4.78 is 30.5. The number of hydrogen-bond donors (Lipinski definition) is 4. The number of carbonyl (C=O) groups excluding carboxylic acids is 2. The molecular formula is C33H60O11. The van der Waals surface area contributed by atoms with Crippen LogP contribution in [0.5, 0.6) is 0 Å². The number of hydrogen-bond acceptors (Lipinski definition) is 11. The van der Waals surface area contributed by atoms with Crippen LogP contribution < -0.4 is 0 Å². The summed E-state index contributed by atoms with van der Waals surface area (Å²) in [7, 11) is 0. The molecule has 0 radical (unpaired) electrons. The van der Waals surface area contributed by atoms with Gasteiger partial charge in [0.25, 0.3) is 0 Å². The van der Waals surface area contributed by atoms with E-state index in [1.165, 1.54) is 0 Å². The van der Waals surface area contributed by atoms with E-state index in [4.69, 9.17) is 23.7 Å². The molecule has 0 aromatic rings. The van der Waals surface area contributed by atoms with Gasteiger partial charge in [-0.05, 0) is 88.0 Å². The SMILES string of the molecule is CC(C)OC(C)(C)C1CC(C=O)[C@@H](OC(C)(C)CCOC(C)(C)C2OC(C=O)[C@@H](OC(C)(C)C(C)C)C(O)C2O)C(O)C1O. The highest BCUT2D eigenvalue weighted by molar-refractivity contribution is 5.58. The van der Waals surface area contributed by atoms with Gasteiger partial charge in [-0.15, -0.1) is 0 Å². The lowest BCUT2D eigenvalue weighted by molar-refractivity contribution is -0.284. The van der Waals surface area contributed by atoms with Gasteiger partial charge in [0.15, 0.2) is 6.29 Å². The smallest absolute Gasteiger partial charge is 0.151 e. The molecule has 0 spiro atoms. The van der Waals surface area contributed by atoms with Crippen LogP contribution in [0, 0.1) is 17.8 Å². The average Bonchev–Trinajstić information content (AvgIpc) is 2.88. The normalized spacial score (nSPS) is 34.4. The van der Waals surface area contributed by atoms with Crippen molar-refractivity contribution in [2.75, 3.05) is 6.61 Å². The lowest BCUT2D eigenvalue weighted by Crippen LogP contribution is -2.65. The molecule has 4 N–H and O–H groups in total. The first-order valence-corrected chi connectivity index (χ1v) is 16.0. The Balaban J connectivity index is 2.07. The van der Waals surface area contributed by atoms with Gasteiger partial charge >= 0.3 is 0 Å². The summed E-state index contributed by atoms with van der Waals surface area (Å²) in [4.78, 5) is 24.1. The van der Waals surface area contributed by atoms with Crippen LogP contribution in [0.25, 0.3) is 0 Å². The Morgan fingerprint density at radius 2 is 1.34 bits per heavy atom. The molecule has 11 heteroatoms. The van der Waals surface area contributed by atoms with Gasteiger partial charge in [-0.1, -0.05) is 13.8 Å². The zero-order valence-electron chi connectivity index (χ0n) is 28.9. The number of carbonyl (C=O) groups is 2. The Bertz CT molecular complexity index is 931. The van der Waals surface area contributed by atoms with E-state index >= 15 is 0 Å². The fourth-order valence-corrected chi connectivity index (χ4v) is 6.20. The second-order valence-corrected chi connectivity index (χ2v) is 15.4. The summed E-state index contributed by atoms with van der Waals surface area (Å²) >= 11 is 0. The predicted octanol–water partition coefficient (Wildman–Crippen LogP) is 2.60. The third-order valence-corrected chi connectivity index (χ3v) is 9.56. The van der Waals surface area contributed by atoms with Gasteiger partial charge in [0.1, 0.15) is 42.9 Å². The first kappa shape index (κ1) is 39.2. The van der Waals surface area contributed by atoms with Gasteiger partial charge in [0.2, 0.25) is 0 Å². The van der Waals surface area contributed by atoms with E-state index < -0.39 is 83.1 Å². The minimum atomic E-state index is -1.39. The average molecular weight is 633 g/mol. The summed E-state index contributed by atoms with van der Waals surface area (Å²) in [5.41, 5.74) is -3.45. The van der Waals surface area contributed by atoms with Gasteiger partial charge in [0, 0.05) is 11.8 Å².